The number of methoxy groups -OCH3 is 1. The fourth-order valence-electron chi connectivity index (χ4n) is 1.66. The van der Waals surface area contributed by atoms with Crippen molar-refractivity contribution in [2.45, 2.75) is 6.18 Å². The number of imidazole rings is 1. The van der Waals surface area contributed by atoms with Gasteiger partial charge in [-0.1, -0.05) is 0 Å². The Morgan fingerprint density at radius 1 is 1.32 bits per heavy atom. The van der Waals surface area contributed by atoms with Crippen molar-refractivity contribution in [2.24, 2.45) is 7.05 Å². The molecule has 0 unspecified atom stereocenters. The third-order valence-electron chi connectivity index (χ3n) is 2.58. The molecule has 0 saturated carbocycles. The number of aromatic nitrogens is 2. The molecule has 0 aliphatic heterocycles. The van der Waals surface area contributed by atoms with Gasteiger partial charge >= 0.3 is 6.18 Å². The lowest BCUT2D eigenvalue weighted by Crippen LogP contribution is -2.04. The second-order valence-corrected chi connectivity index (χ2v) is 4.76. The number of nitrogens with zero attached hydrogens (tertiary/aromatic N) is 2. The maximum Gasteiger partial charge on any atom is 0.434 e. The lowest BCUT2D eigenvalue weighted by atomic mass is 10.2. The molecule has 2 rings (SSSR count). The van der Waals surface area contributed by atoms with E-state index in [-0.39, 0.29) is 5.82 Å². The molecule has 0 saturated heterocycles. The summed E-state index contributed by atoms with van der Waals surface area (Å²) >= 11 is 3.30. The average molecular weight is 335 g/mol. The highest BCUT2D eigenvalue weighted by atomic mass is 79.9. The van der Waals surface area contributed by atoms with E-state index in [1.54, 1.807) is 18.2 Å². The zero-order valence-electron chi connectivity index (χ0n) is 10.1. The Bertz CT molecular complexity index is 608. The predicted molar refractivity (Wildman–Crippen MR) is 67.9 cm³/mol. The van der Waals surface area contributed by atoms with Crippen molar-refractivity contribution in [3.63, 3.8) is 0 Å². The van der Waals surface area contributed by atoms with E-state index < -0.39 is 11.9 Å². The minimum atomic E-state index is -4.45. The third-order valence-corrected chi connectivity index (χ3v) is 3.24. The van der Waals surface area contributed by atoms with E-state index in [0.29, 0.717) is 15.8 Å². The van der Waals surface area contributed by atoms with Crippen LogP contribution in [0.4, 0.5) is 13.2 Å². The van der Waals surface area contributed by atoms with Crippen molar-refractivity contribution in [1.29, 1.82) is 0 Å². The molecule has 1 heterocycles. The average Bonchev–Trinajstić information content (AvgIpc) is 2.71. The van der Waals surface area contributed by atoms with E-state index in [0.717, 1.165) is 6.20 Å². The van der Waals surface area contributed by atoms with Crippen LogP contribution < -0.4 is 4.74 Å². The molecule has 0 atom stereocenters. The second-order valence-electron chi connectivity index (χ2n) is 3.90. The van der Waals surface area contributed by atoms with E-state index >= 15 is 0 Å². The smallest absolute Gasteiger partial charge is 0.434 e. The Morgan fingerprint density at radius 2 is 2.00 bits per heavy atom. The van der Waals surface area contributed by atoms with Crippen molar-refractivity contribution >= 4 is 15.9 Å². The summed E-state index contributed by atoms with van der Waals surface area (Å²) in [6.45, 7) is 0. The Hall–Kier alpha value is -1.50. The van der Waals surface area contributed by atoms with Gasteiger partial charge in [-0.05, 0) is 34.1 Å². The Labute approximate surface area is 116 Å². The van der Waals surface area contributed by atoms with Gasteiger partial charge in [0.15, 0.2) is 5.69 Å². The summed E-state index contributed by atoms with van der Waals surface area (Å²) in [5.41, 5.74) is -0.341. The van der Waals surface area contributed by atoms with E-state index in [1.165, 1.54) is 18.7 Å². The van der Waals surface area contributed by atoms with Crippen molar-refractivity contribution in [3.8, 4) is 17.1 Å². The van der Waals surface area contributed by atoms with Crippen molar-refractivity contribution in [1.82, 2.24) is 9.55 Å². The highest BCUT2D eigenvalue weighted by Gasteiger charge is 2.34. The van der Waals surface area contributed by atoms with E-state index in [4.69, 9.17) is 4.74 Å². The van der Waals surface area contributed by atoms with E-state index in [9.17, 15) is 13.2 Å². The maximum atomic E-state index is 12.6. The van der Waals surface area contributed by atoms with Crippen molar-refractivity contribution in [2.75, 3.05) is 7.11 Å². The van der Waals surface area contributed by atoms with Gasteiger partial charge in [0, 0.05) is 23.3 Å². The van der Waals surface area contributed by atoms with Gasteiger partial charge in [-0.25, -0.2) is 4.98 Å². The fraction of sp³-hybridized carbons (Fsp3) is 0.250. The Kier molecular flexibility index (Phi) is 3.58. The summed E-state index contributed by atoms with van der Waals surface area (Å²) in [4.78, 5) is 3.63. The number of aryl methyl sites for hydroxylation is 1. The lowest BCUT2D eigenvalue weighted by molar-refractivity contribution is -0.140. The van der Waals surface area contributed by atoms with Gasteiger partial charge in [0.25, 0.3) is 0 Å². The minimum absolute atomic E-state index is 0.238. The van der Waals surface area contributed by atoms with Gasteiger partial charge < -0.3 is 9.30 Å². The minimum Gasteiger partial charge on any atom is -0.497 e. The van der Waals surface area contributed by atoms with Crippen LogP contribution in [0.25, 0.3) is 11.4 Å². The topological polar surface area (TPSA) is 27.1 Å². The summed E-state index contributed by atoms with van der Waals surface area (Å²) in [5.74, 6) is 0.850. The standard InChI is InChI=1S/C12H10BrF3N2O/c1-18-6-10(12(14,15)16)17-11(18)8-4-3-7(19-2)5-9(8)13/h3-6H,1-2H3. The molecule has 0 radical (unpaired) electrons. The predicted octanol–water partition coefficient (Wildman–Crippen LogP) is 3.88. The molecule has 2 aromatic rings. The molecule has 1 aromatic carbocycles. The van der Waals surface area contributed by atoms with Crippen LogP contribution in [-0.2, 0) is 13.2 Å². The van der Waals surface area contributed by atoms with Crippen LogP contribution in [0.1, 0.15) is 5.69 Å². The molecule has 102 valence electrons. The van der Waals surface area contributed by atoms with E-state index in [1.807, 2.05) is 0 Å². The Morgan fingerprint density at radius 3 is 2.47 bits per heavy atom. The molecule has 0 amide bonds. The molecule has 0 aliphatic carbocycles. The van der Waals surface area contributed by atoms with Crippen LogP contribution in [0.15, 0.2) is 28.9 Å². The number of hydrogen-bond donors (Lipinski definition) is 0. The summed E-state index contributed by atoms with van der Waals surface area (Å²) < 4.78 is 44.8. The molecular formula is C12H10BrF3N2O. The number of rotatable bonds is 2. The quantitative estimate of drug-likeness (QED) is 0.833. The van der Waals surface area contributed by atoms with Crippen molar-refractivity contribution < 1.29 is 17.9 Å². The van der Waals surface area contributed by atoms with Crippen LogP contribution in [-0.4, -0.2) is 16.7 Å². The molecule has 3 nitrogen and oxygen atoms in total. The zero-order chi connectivity index (χ0) is 14.2. The van der Waals surface area contributed by atoms with Gasteiger partial charge in [-0.3, -0.25) is 0 Å². The third kappa shape index (κ3) is 2.75. The molecule has 7 heteroatoms. The normalized spacial score (nSPS) is 11.7. The van der Waals surface area contributed by atoms with Crippen molar-refractivity contribution in [3.05, 3.63) is 34.6 Å². The molecule has 1 aromatic heterocycles. The highest BCUT2D eigenvalue weighted by molar-refractivity contribution is 9.10. The van der Waals surface area contributed by atoms with E-state index in [2.05, 4.69) is 20.9 Å². The monoisotopic (exact) mass is 334 g/mol. The first kappa shape index (κ1) is 13.9. The number of ether oxygens (including phenoxy) is 1. The SMILES string of the molecule is COc1ccc(-c2nc(C(F)(F)F)cn2C)c(Br)c1. The summed E-state index contributed by atoms with van der Waals surface area (Å²) in [5, 5.41) is 0. The second kappa shape index (κ2) is 4.88. The van der Waals surface area contributed by atoms with Crippen LogP contribution in [0, 0.1) is 0 Å². The lowest BCUT2D eigenvalue weighted by Gasteiger charge is -2.06. The molecule has 0 aliphatic rings. The van der Waals surface area contributed by atoms with Gasteiger partial charge in [0.05, 0.1) is 7.11 Å². The van der Waals surface area contributed by atoms with Gasteiger partial charge in [0.2, 0.25) is 0 Å². The maximum absolute atomic E-state index is 12.6. The molecule has 0 bridgehead atoms. The van der Waals surface area contributed by atoms with Crippen LogP contribution in [0.3, 0.4) is 0 Å². The molecule has 0 fully saturated rings. The zero-order valence-corrected chi connectivity index (χ0v) is 11.7. The first-order valence-electron chi connectivity index (χ1n) is 5.27. The molecule has 19 heavy (non-hydrogen) atoms. The fourth-order valence-corrected chi connectivity index (χ4v) is 2.19. The summed E-state index contributed by atoms with van der Waals surface area (Å²) in [7, 11) is 3.04. The number of hydrogen-bond acceptors (Lipinski definition) is 2. The number of benzene rings is 1. The largest absolute Gasteiger partial charge is 0.497 e. The van der Waals surface area contributed by atoms with Gasteiger partial charge in [-0.2, -0.15) is 13.2 Å². The first-order valence-corrected chi connectivity index (χ1v) is 6.06. The van der Waals surface area contributed by atoms with Crippen LogP contribution in [0.2, 0.25) is 0 Å². The first-order chi connectivity index (χ1) is 8.82. The number of alkyl halides is 3. The summed E-state index contributed by atoms with van der Waals surface area (Å²) in [6, 6.07) is 5.00. The Balaban J connectivity index is 2.51. The molecule has 0 N–H and O–H groups in total. The number of halogens is 4. The van der Waals surface area contributed by atoms with Crippen LogP contribution >= 0.6 is 15.9 Å². The summed E-state index contributed by atoms with van der Waals surface area (Å²) in [6.07, 6.45) is -3.49. The highest BCUT2D eigenvalue weighted by Crippen LogP contribution is 2.34. The molecule has 0 spiro atoms. The van der Waals surface area contributed by atoms with Gasteiger partial charge in [-0.15, -0.1) is 0 Å². The molecular weight excluding hydrogens is 325 g/mol. The van der Waals surface area contributed by atoms with Gasteiger partial charge in [0.1, 0.15) is 11.6 Å². The van der Waals surface area contributed by atoms with Crippen LogP contribution in [0.5, 0.6) is 5.75 Å².